The summed E-state index contributed by atoms with van der Waals surface area (Å²) >= 11 is 0. The van der Waals surface area contributed by atoms with E-state index in [1.807, 2.05) is 31.2 Å². The van der Waals surface area contributed by atoms with E-state index in [0.29, 0.717) is 5.69 Å². The van der Waals surface area contributed by atoms with Crippen molar-refractivity contribution >= 4 is 5.78 Å². The number of benzene rings is 1. The third kappa shape index (κ3) is 2.22. The van der Waals surface area contributed by atoms with Gasteiger partial charge in [0.05, 0.1) is 5.69 Å². The molecule has 1 heterocycles. The third-order valence-corrected chi connectivity index (χ3v) is 2.69. The van der Waals surface area contributed by atoms with Crippen LogP contribution in [0.3, 0.4) is 0 Å². The van der Waals surface area contributed by atoms with Gasteiger partial charge in [0.25, 0.3) is 0 Å². The second-order valence-corrected chi connectivity index (χ2v) is 4.31. The predicted octanol–water partition coefficient (Wildman–Crippen LogP) is 2.05. The van der Waals surface area contributed by atoms with E-state index in [1.54, 1.807) is 11.6 Å². The van der Waals surface area contributed by atoms with Gasteiger partial charge in [-0.2, -0.15) is 5.10 Å². The number of aryl methyl sites for hydroxylation is 2. The molecule has 0 amide bonds. The van der Waals surface area contributed by atoms with Crippen molar-refractivity contribution in [2.75, 3.05) is 0 Å². The van der Waals surface area contributed by atoms with Gasteiger partial charge >= 0.3 is 0 Å². The van der Waals surface area contributed by atoms with Gasteiger partial charge in [0, 0.05) is 18.7 Å². The monoisotopic (exact) mass is 242 g/mol. The quantitative estimate of drug-likeness (QED) is 0.757. The second kappa shape index (κ2) is 4.56. The van der Waals surface area contributed by atoms with Crippen molar-refractivity contribution in [2.24, 2.45) is 0 Å². The van der Waals surface area contributed by atoms with Crippen LogP contribution in [0.2, 0.25) is 0 Å². The molecule has 0 saturated heterocycles. The van der Waals surface area contributed by atoms with E-state index in [9.17, 15) is 9.59 Å². The lowest BCUT2D eigenvalue weighted by Crippen LogP contribution is -2.21. The third-order valence-electron chi connectivity index (χ3n) is 2.69. The Hall–Kier alpha value is -2.23. The Balaban J connectivity index is 2.68. The first-order valence-electron chi connectivity index (χ1n) is 5.68. The highest BCUT2D eigenvalue weighted by Gasteiger charge is 2.11. The first kappa shape index (κ1) is 12.2. The maximum absolute atomic E-state index is 11.6. The number of hydrogen-bond acceptors (Lipinski definition) is 3. The molecule has 0 fully saturated rings. The smallest absolute Gasteiger partial charge is 0.211 e. The molecule has 2 rings (SSSR count). The molecule has 1 aromatic heterocycles. The number of carbonyl (C=O) groups excluding carboxylic acids is 1. The van der Waals surface area contributed by atoms with Gasteiger partial charge in [-0.25, -0.2) is 4.68 Å². The first-order valence-corrected chi connectivity index (χ1v) is 5.68. The molecule has 4 nitrogen and oxygen atoms in total. The fourth-order valence-corrected chi connectivity index (χ4v) is 1.81. The highest BCUT2D eigenvalue weighted by Crippen LogP contribution is 2.10. The Labute approximate surface area is 105 Å². The minimum absolute atomic E-state index is 0.0258. The molecule has 0 N–H and O–H groups in total. The lowest BCUT2D eigenvalue weighted by molar-refractivity contribution is 0.101. The van der Waals surface area contributed by atoms with Gasteiger partial charge in [-0.15, -0.1) is 0 Å². The lowest BCUT2D eigenvalue weighted by atomic mass is 10.2. The highest BCUT2D eigenvalue weighted by atomic mass is 16.1. The van der Waals surface area contributed by atoms with Gasteiger partial charge in [0.1, 0.15) is 0 Å². The number of rotatable bonds is 2. The molecule has 0 saturated carbocycles. The maximum Gasteiger partial charge on any atom is 0.211 e. The zero-order chi connectivity index (χ0) is 13.3. The van der Waals surface area contributed by atoms with Crippen LogP contribution in [0.1, 0.15) is 28.7 Å². The molecule has 0 aliphatic heterocycles. The van der Waals surface area contributed by atoms with Gasteiger partial charge in [-0.3, -0.25) is 9.59 Å². The van der Waals surface area contributed by atoms with Crippen LogP contribution >= 0.6 is 0 Å². The summed E-state index contributed by atoms with van der Waals surface area (Å²) in [6.45, 7) is 5.12. The second-order valence-electron chi connectivity index (χ2n) is 4.31. The van der Waals surface area contributed by atoms with E-state index in [1.165, 1.54) is 13.0 Å². The molecule has 0 atom stereocenters. The van der Waals surface area contributed by atoms with E-state index in [-0.39, 0.29) is 16.9 Å². The average molecular weight is 242 g/mol. The van der Waals surface area contributed by atoms with E-state index >= 15 is 0 Å². The number of hydrogen-bond donors (Lipinski definition) is 0. The van der Waals surface area contributed by atoms with Crippen LogP contribution < -0.4 is 5.43 Å². The van der Waals surface area contributed by atoms with Crippen LogP contribution in [0.4, 0.5) is 0 Å². The van der Waals surface area contributed by atoms with Gasteiger partial charge in [-0.05, 0) is 31.5 Å². The van der Waals surface area contributed by atoms with Crippen LogP contribution in [-0.4, -0.2) is 15.6 Å². The zero-order valence-corrected chi connectivity index (χ0v) is 10.6. The van der Waals surface area contributed by atoms with Crippen LogP contribution in [0, 0.1) is 13.8 Å². The number of nitrogens with zero attached hydrogens (tertiary/aromatic N) is 2. The fourth-order valence-electron chi connectivity index (χ4n) is 1.81. The molecular weight excluding hydrogens is 228 g/mol. The Morgan fingerprint density at radius 3 is 2.56 bits per heavy atom. The SMILES string of the molecule is CC(=O)c1nn(-c2cccc(C)c2)c(C)cc1=O. The molecule has 1 aromatic carbocycles. The summed E-state index contributed by atoms with van der Waals surface area (Å²) in [5.41, 5.74) is 2.29. The number of carbonyl (C=O) groups is 1. The van der Waals surface area contributed by atoms with Crippen LogP contribution in [0.25, 0.3) is 5.69 Å². The summed E-state index contributed by atoms with van der Waals surface area (Å²) in [5.74, 6) is -0.318. The Bertz CT molecular complexity index is 672. The van der Waals surface area contributed by atoms with Crippen LogP contribution in [0.15, 0.2) is 35.1 Å². The van der Waals surface area contributed by atoms with E-state index in [4.69, 9.17) is 0 Å². The predicted molar refractivity (Wildman–Crippen MR) is 69.3 cm³/mol. The lowest BCUT2D eigenvalue weighted by Gasteiger charge is -2.10. The van der Waals surface area contributed by atoms with Crippen LogP contribution in [-0.2, 0) is 0 Å². The minimum Gasteiger partial charge on any atom is -0.293 e. The Kier molecular flexibility index (Phi) is 3.10. The molecule has 92 valence electrons. The Morgan fingerprint density at radius 2 is 1.94 bits per heavy atom. The van der Waals surface area contributed by atoms with Gasteiger partial charge in [-0.1, -0.05) is 12.1 Å². The normalized spacial score (nSPS) is 10.4. The summed E-state index contributed by atoms with van der Waals surface area (Å²) < 4.78 is 1.62. The summed E-state index contributed by atoms with van der Waals surface area (Å²) in [4.78, 5) is 23.0. The molecule has 0 unspecified atom stereocenters. The zero-order valence-electron chi connectivity index (χ0n) is 10.6. The summed E-state index contributed by atoms with van der Waals surface area (Å²) in [6, 6.07) is 9.17. The van der Waals surface area contributed by atoms with Gasteiger partial charge < -0.3 is 0 Å². The molecular formula is C14H14N2O2. The van der Waals surface area contributed by atoms with E-state index in [0.717, 1.165) is 11.3 Å². The van der Waals surface area contributed by atoms with E-state index < -0.39 is 0 Å². The molecule has 18 heavy (non-hydrogen) atoms. The van der Waals surface area contributed by atoms with Crippen molar-refractivity contribution in [3.63, 3.8) is 0 Å². The maximum atomic E-state index is 11.6. The first-order chi connectivity index (χ1) is 8.49. The largest absolute Gasteiger partial charge is 0.293 e. The van der Waals surface area contributed by atoms with Crippen molar-refractivity contribution < 1.29 is 4.79 Å². The Morgan fingerprint density at radius 1 is 1.22 bits per heavy atom. The number of ketones is 1. The summed E-state index contributed by atoms with van der Waals surface area (Å²) in [6.07, 6.45) is 0. The van der Waals surface area contributed by atoms with Gasteiger partial charge in [0.15, 0.2) is 11.5 Å². The molecule has 0 aliphatic carbocycles. The molecule has 0 bridgehead atoms. The number of aromatic nitrogens is 2. The summed E-state index contributed by atoms with van der Waals surface area (Å²) in [5, 5.41) is 4.14. The number of Topliss-reactive ketones (excluding diaryl/α,β-unsaturated/α-hetero) is 1. The molecule has 0 radical (unpaired) electrons. The minimum atomic E-state index is -0.330. The fraction of sp³-hybridized carbons (Fsp3) is 0.214. The standard InChI is InChI=1S/C14H14N2O2/c1-9-5-4-6-12(7-9)16-10(2)8-13(18)14(15-16)11(3)17/h4-8H,1-3H3. The van der Waals surface area contributed by atoms with Crippen molar-refractivity contribution in [3.8, 4) is 5.69 Å². The van der Waals surface area contributed by atoms with Crippen LogP contribution in [0.5, 0.6) is 0 Å². The van der Waals surface area contributed by atoms with Crippen molar-refractivity contribution in [1.29, 1.82) is 0 Å². The topological polar surface area (TPSA) is 52.0 Å². The molecule has 2 aromatic rings. The molecule has 4 heteroatoms. The van der Waals surface area contributed by atoms with Crippen molar-refractivity contribution in [2.45, 2.75) is 20.8 Å². The van der Waals surface area contributed by atoms with Gasteiger partial charge in [0.2, 0.25) is 5.43 Å². The summed E-state index contributed by atoms with van der Waals surface area (Å²) in [7, 11) is 0. The van der Waals surface area contributed by atoms with Crippen molar-refractivity contribution in [1.82, 2.24) is 9.78 Å². The van der Waals surface area contributed by atoms with E-state index in [2.05, 4.69) is 5.10 Å². The average Bonchev–Trinajstić information content (AvgIpc) is 2.28. The highest BCUT2D eigenvalue weighted by molar-refractivity contribution is 5.91. The molecule has 0 spiro atoms. The van der Waals surface area contributed by atoms with Crippen molar-refractivity contribution in [3.05, 3.63) is 57.5 Å². The molecule has 0 aliphatic rings.